The summed E-state index contributed by atoms with van der Waals surface area (Å²) in [5.74, 6) is -0.998. The van der Waals surface area contributed by atoms with Crippen LogP contribution in [0, 0.1) is 5.41 Å². The van der Waals surface area contributed by atoms with Gasteiger partial charge in [-0.05, 0) is 13.3 Å². The van der Waals surface area contributed by atoms with Gasteiger partial charge >= 0.3 is 12.0 Å². The fourth-order valence-corrected chi connectivity index (χ4v) is 1.70. The summed E-state index contributed by atoms with van der Waals surface area (Å²) < 4.78 is 0. The zero-order chi connectivity index (χ0) is 14.5. The van der Waals surface area contributed by atoms with Crippen molar-refractivity contribution in [2.24, 2.45) is 5.41 Å². The maximum atomic E-state index is 11.9. The second kappa shape index (κ2) is 6.40. The summed E-state index contributed by atoms with van der Waals surface area (Å²) in [4.78, 5) is 35.7. The van der Waals surface area contributed by atoms with Crippen molar-refractivity contribution >= 4 is 17.9 Å². The normalized spacial score (nSPS) is 19.1. The molecule has 3 amide bonds. The third-order valence-corrected chi connectivity index (χ3v) is 3.53. The highest BCUT2D eigenvalue weighted by atomic mass is 16.4. The molecule has 0 aromatic rings. The number of nitrogens with one attached hydrogen (secondary N) is 2. The minimum atomic E-state index is -0.963. The quantitative estimate of drug-likeness (QED) is 0.671. The second-order valence-corrected chi connectivity index (χ2v) is 4.97. The van der Waals surface area contributed by atoms with Gasteiger partial charge in [0, 0.05) is 32.6 Å². The Morgan fingerprint density at radius 2 is 2.16 bits per heavy atom. The number of carbonyl (C=O) groups is 3. The van der Waals surface area contributed by atoms with E-state index < -0.39 is 11.4 Å². The number of hydrogen-bond donors (Lipinski definition) is 3. The molecule has 1 rings (SSSR count). The monoisotopic (exact) mass is 271 g/mol. The molecular weight excluding hydrogens is 250 g/mol. The van der Waals surface area contributed by atoms with E-state index in [0.717, 1.165) is 0 Å². The summed E-state index contributed by atoms with van der Waals surface area (Å²) in [6.45, 7) is 4.67. The molecule has 1 aliphatic heterocycles. The minimum Gasteiger partial charge on any atom is -0.481 e. The van der Waals surface area contributed by atoms with Crippen molar-refractivity contribution in [1.29, 1.82) is 0 Å². The molecule has 0 aromatic heterocycles. The second-order valence-electron chi connectivity index (χ2n) is 4.97. The Kier molecular flexibility index (Phi) is 5.14. The lowest BCUT2D eigenvalue weighted by molar-refractivity contribution is -0.147. The summed E-state index contributed by atoms with van der Waals surface area (Å²) in [6, 6.07) is -0.322. The van der Waals surface area contributed by atoms with Gasteiger partial charge in [0.2, 0.25) is 5.91 Å². The van der Waals surface area contributed by atoms with Gasteiger partial charge in [0.1, 0.15) is 0 Å². The summed E-state index contributed by atoms with van der Waals surface area (Å²) in [5.41, 5.74) is -0.963. The molecule has 1 unspecified atom stereocenters. The lowest BCUT2D eigenvalue weighted by Gasteiger charge is -2.26. The molecule has 1 atom stereocenters. The summed E-state index contributed by atoms with van der Waals surface area (Å²) >= 11 is 0. The van der Waals surface area contributed by atoms with Crippen molar-refractivity contribution in [3.05, 3.63) is 0 Å². The number of carboxylic acid groups (broad SMARTS) is 1. The highest BCUT2D eigenvalue weighted by molar-refractivity contribution is 5.80. The lowest BCUT2D eigenvalue weighted by Crippen LogP contribution is -2.47. The Labute approximate surface area is 112 Å². The Balaban J connectivity index is 2.50. The van der Waals surface area contributed by atoms with E-state index in [1.54, 1.807) is 13.8 Å². The molecule has 0 aliphatic carbocycles. The Morgan fingerprint density at radius 3 is 2.74 bits per heavy atom. The van der Waals surface area contributed by atoms with Crippen LogP contribution in [0.25, 0.3) is 0 Å². The third kappa shape index (κ3) is 4.11. The van der Waals surface area contributed by atoms with Gasteiger partial charge in [0.15, 0.2) is 0 Å². The SMILES string of the molecule is CCC(C)(CNC(=O)N1CCNC(=O)CC1)C(=O)O. The van der Waals surface area contributed by atoms with Crippen molar-refractivity contribution in [1.82, 2.24) is 15.5 Å². The first-order valence-corrected chi connectivity index (χ1v) is 6.42. The zero-order valence-electron chi connectivity index (χ0n) is 11.4. The molecule has 0 radical (unpaired) electrons. The van der Waals surface area contributed by atoms with Gasteiger partial charge in [-0.3, -0.25) is 9.59 Å². The third-order valence-electron chi connectivity index (χ3n) is 3.53. The van der Waals surface area contributed by atoms with E-state index >= 15 is 0 Å². The van der Waals surface area contributed by atoms with Crippen molar-refractivity contribution < 1.29 is 19.5 Å². The molecule has 19 heavy (non-hydrogen) atoms. The maximum absolute atomic E-state index is 11.9. The molecule has 0 saturated carbocycles. The van der Waals surface area contributed by atoms with Crippen LogP contribution in [0.5, 0.6) is 0 Å². The molecule has 7 heteroatoms. The standard InChI is InChI=1S/C12H21N3O4/c1-3-12(2,10(17)18)8-14-11(19)15-6-4-9(16)13-5-7-15/h3-8H2,1-2H3,(H,13,16)(H,14,19)(H,17,18). The number of urea groups is 1. The van der Waals surface area contributed by atoms with Gasteiger partial charge in [0.25, 0.3) is 0 Å². The Bertz CT molecular complexity index is 372. The van der Waals surface area contributed by atoms with E-state index in [2.05, 4.69) is 10.6 Å². The van der Waals surface area contributed by atoms with Crippen LogP contribution in [0.4, 0.5) is 4.79 Å². The first-order valence-electron chi connectivity index (χ1n) is 6.42. The molecular formula is C12H21N3O4. The number of nitrogens with zero attached hydrogens (tertiary/aromatic N) is 1. The van der Waals surface area contributed by atoms with E-state index in [1.807, 2.05) is 0 Å². The topological polar surface area (TPSA) is 98.7 Å². The van der Waals surface area contributed by atoms with E-state index in [1.165, 1.54) is 4.90 Å². The van der Waals surface area contributed by atoms with Crippen LogP contribution in [0.15, 0.2) is 0 Å². The molecule has 0 spiro atoms. The average Bonchev–Trinajstić information content (AvgIpc) is 2.60. The predicted molar refractivity (Wildman–Crippen MR) is 68.6 cm³/mol. The van der Waals surface area contributed by atoms with Crippen molar-refractivity contribution in [2.75, 3.05) is 26.2 Å². The fourth-order valence-electron chi connectivity index (χ4n) is 1.70. The highest BCUT2D eigenvalue weighted by Gasteiger charge is 2.32. The maximum Gasteiger partial charge on any atom is 0.317 e. The van der Waals surface area contributed by atoms with E-state index in [-0.39, 0.29) is 24.9 Å². The van der Waals surface area contributed by atoms with Crippen LogP contribution >= 0.6 is 0 Å². The molecule has 1 aliphatic rings. The number of carbonyl (C=O) groups excluding carboxylic acids is 2. The number of rotatable bonds is 4. The van der Waals surface area contributed by atoms with Crippen molar-refractivity contribution in [3.63, 3.8) is 0 Å². The van der Waals surface area contributed by atoms with E-state index in [0.29, 0.717) is 26.1 Å². The molecule has 3 N–H and O–H groups in total. The van der Waals surface area contributed by atoms with Crippen LogP contribution < -0.4 is 10.6 Å². The summed E-state index contributed by atoms with van der Waals surface area (Å²) in [5, 5.41) is 14.4. The number of amides is 3. The van der Waals surface area contributed by atoms with Crippen LogP contribution in [0.2, 0.25) is 0 Å². The van der Waals surface area contributed by atoms with Gasteiger partial charge in [-0.25, -0.2) is 4.79 Å². The van der Waals surface area contributed by atoms with E-state index in [4.69, 9.17) is 5.11 Å². The first-order chi connectivity index (χ1) is 8.89. The molecule has 7 nitrogen and oxygen atoms in total. The van der Waals surface area contributed by atoms with Crippen LogP contribution in [-0.4, -0.2) is 54.1 Å². The molecule has 0 bridgehead atoms. The molecule has 0 aromatic carbocycles. The van der Waals surface area contributed by atoms with Gasteiger partial charge in [0.05, 0.1) is 5.41 Å². The van der Waals surface area contributed by atoms with Crippen molar-refractivity contribution in [2.45, 2.75) is 26.7 Å². The van der Waals surface area contributed by atoms with Crippen LogP contribution in [0.1, 0.15) is 26.7 Å². The van der Waals surface area contributed by atoms with Crippen LogP contribution in [-0.2, 0) is 9.59 Å². The molecule has 1 saturated heterocycles. The molecule has 1 heterocycles. The van der Waals surface area contributed by atoms with E-state index in [9.17, 15) is 14.4 Å². The average molecular weight is 271 g/mol. The highest BCUT2D eigenvalue weighted by Crippen LogP contribution is 2.19. The van der Waals surface area contributed by atoms with Gasteiger partial charge in [-0.2, -0.15) is 0 Å². The summed E-state index contributed by atoms with van der Waals surface area (Å²) in [6.07, 6.45) is 0.708. The molecule has 108 valence electrons. The minimum absolute atomic E-state index is 0.0702. The fraction of sp³-hybridized carbons (Fsp3) is 0.750. The van der Waals surface area contributed by atoms with Gasteiger partial charge in [-0.1, -0.05) is 6.92 Å². The number of aliphatic carboxylic acids is 1. The smallest absolute Gasteiger partial charge is 0.317 e. The largest absolute Gasteiger partial charge is 0.481 e. The predicted octanol–water partition coefficient (Wildman–Crippen LogP) is 0.0188. The molecule has 1 fully saturated rings. The Hall–Kier alpha value is -1.79. The van der Waals surface area contributed by atoms with Crippen molar-refractivity contribution in [3.8, 4) is 0 Å². The first kappa shape index (κ1) is 15.3. The Morgan fingerprint density at radius 1 is 1.47 bits per heavy atom. The number of carboxylic acids is 1. The zero-order valence-corrected chi connectivity index (χ0v) is 11.4. The van der Waals surface area contributed by atoms with Gasteiger partial charge in [-0.15, -0.1) is 0 Å². The summed E-state index contributed by atoms with van der Waals surface area (Å²) in [7, 11) is 0. The van der Waals surface area contributed by atoms with Crippen LogP contribution in [0.3, 0.4) is 0 Å². The lowest BCUT2D eigenvalue weighted by atomic mass is 9.88. The van der Waals surface area contributed by atoms with Gasteiger partial charge < -0.3 is 20.6 Å². The number of hydrogen-bond acceptors (Lipinski definition) is 3.